The fraction of sp³-hybridized carbons (Fsp3) is 0.409. The highest BCUT2D eigenvalue weighted by molar-refractivity contribution is 5.94. The molecule has 0 unspecified atom stereocenters. The third kappa shape index (κ3) is 3.59. The maximum absolute atomic E-state index is 12.7. The van der Waals surface area contributed by atoms with Crippen LogP contribution in [-0.4, -0.2) is 45.5 Å². The van der Waals surface area contributed by atoms with Gasteiger partial charge in [0.2, 0.25) is 0 Å². The molecular weight excluding hydrogens is 350 g/mol. The largest absolute Gasteiger partial charge is 0.352 e. The quantitative estimate of drug-likeness (QED) is 0.699. The molecule has 0 spiro atoms. The number of fused-ring (bicyclic) bond motifs is 1. The van der Waals surface area contributed by atoms with Crippen molar-refractivity contribution in [1.29, 1.82) is 0 Å². The molecule has 3 aromatic rings. The SMILES string of the molecule is CC1CCN(C(=O)c2ccc(N(C)Cc3nc4ccccc4n3C)nc2)CC1. The van der Waals surface area contributed by atoms with E-state index in [0.29, 0.717) is 18.0 Å². The normalized spacial score (nSPS) is 15.2. The van der Waals surface area contributed by atoms with Gasteiger partial charge in [0.25, 0.3) is 5.91 Å². The Morgan fingerprint density at radius 3 is 2.61 bits per heavy atom. The molecule has 0 saturated carbocycles. The molecule has 1 aromatic carbocycles. The number of pyridine rings is 1. The van der Waals surface area contributed by atoms with Crippen molar-refractivity contribution in [2.24, 2.45) is 13.0 Å². The van der Waals surface area contributed by atoms with Crippen LogP contribution in [0.4, 0.5) is 5.82 Å². The summed E-state index contributed by atoms with van der Waals surface area (Å²) in [4.78, 5) is 25.9. The van der Waals surface area contributed by atoms with Crippen molar-refractivity contribution >= 4 is 22.8 Å². The molecule has 0 N–H and O–H groups in total. The molecule has 4 rings (SSSR count). The molecule has 0 bridgehead atoms. The van der Waals surface area contributed by atoms with E-state index in [1.54, 1.807) is 6.20 Å². The van der Waals surface area contributed by atoms with Gasteiger partial charge in [-0.05, 0) is 43.0 Å². The number of nitrogens with zero attached hydrogens (tertiary/aromatic N) is 5. The summed E-state index contributed by atoms with van der Waals surface area (Å²) < 4.78 is 2.11. The lowest BCUT2D eigenvalue weighted by Crippen LogP contribution is -2.38. The van der Waals surface area contributed by atoms with Crippen LogP contribution in [0.3, 0.4) is 0 Å². The Balaban J connectivity index is 1.45. The number of para-hydroxylation sites is 2. The first-order chi connectivity index (χ1) is 13.5. The minimum absolute atomic E-state index is 0.0870. The Kier molecular flexibility index (Phi) is 5.03. The number of piperidine rings is 1. The Morgan fingerprint density at radius 2 is 1.93 bits per heavy atom. The molecule has 1 fully saturated rings. The maximum Gasteiger partial charge on any atom is 0.255 e. The van der Waals surface area contributed by atoms with Crippen LogP contribution in [0.15, 0.2) is 42.6 Å². The number of hydrogen-bond acceptors (Lipinski definition) is 4. The topological polar surface area (TPSA) is 54.3 Å². The maximum atomic E-state index is 12.7. The molecule has 6 nitrogen and oxygen atoms in total. The van der Waals surface area contributed by atoms with Gasteiger partial charge < -0.3 is 14.4 Å². The molecule has 146 valence electrons. The molecule has 0 radical (unpaired) electrons. The number of carbonyl (C=O) groups excluding carboxylic acids is 1. The number of anilines is 1. The predicted molar refractivity (Wildman–Crippen MR) is 111 cm³/mol. The molecular formula is C22H27N5O. The van der Waals surface area contributed by atoms with Gasteiger partial charge in [-0.15, -0.1) is 0 Å². The molecule has 2 aromatic heterocycles. The number of likely N-dealkylation sites (tertiary alicyclic amines) is 1. The molecule has 28 heavy (non-hydrogen) atoms. The van der Waals surface area contributed by atoms with Crippen LogP contribution in [0.5, 0.6) is 0 Å². The smallest absolute Gasteiger partial charge is 0.255 e. The van der Waals surface area contributed by atoms with E-state index in [-0.39, 0.29) is 5.91 Å². The van der Waals surface area contributed by atoms with Crippen molar-refractivity contribution in [3.05, 3.63) is 54.0 Å². The summed E-state index contributed by atoms with van der Waals surface area (Å²) in [5, 5.41) is 0. The van der Waals surface area contributed by atoms with E-state index >= 15 is 0 Å². The zero-order valence-corrected chi connectivity index (χ0v) is 16.8. The summed E-state index contributed by atoms with van der Waals surface area (Å²) in [5.41, 5.74) is 2.78. The van der Waals surface area contributed by atoms with Gasteiger partial charge in [0.05, 0.1) is 23.1 Å². The van der Waals surface area contributed by atoms with Crippen LogP contribution in [0, 0.1) is 5.92 Å². The van der Waals surface area contributed by atoms with E-state index in [0.717, 1.165) is 48.6 Å². The van der Waals surface area contributed by atoms with Gasteiger partial charge in [-0.3, -0.25) is 4.79 Å². The Morgan fingerprint density at radius 1 is 1.18 bits per heavy atom. The minimum Gasteiger partial charge on any atom is -0.352 e. The number of carbonyl (C=O) groups is 1. The number of aromatic nitrogens is 3. The fourth-order valence-corrected chi connectivity index (χ4v) is 3.76. The van der Waals surface area contributed by atoms with Crippen LogP contribution in [0.1, 0.15) is 35.9 Å². The Hall–Kier alpha value is -2.89. The van der Waals surface area contributed by atoms with Gasteiger partial charge in [-0.1, -0.05) is 19.1 Å². The molecule has 1 aliphatic heterocycles. The zero-order valence-electron chi connectivity index (χ0n) is 16.8. The van der Waals surface area contributed by atoms with Crippen LogP contribution >= 0.6 is 0 Å². The standard InChI is InChI=1S/C22H27N5O/c1-16-10-12-27(13-11-16)22(28)17-8-9-20(23-14-17)25(2)15-21-24-18-6-4-5-7-19(18)26(21)3/h4-9,14,16H,10-13,15H2,1-3H3. The monoisotopic (exact) mass is 377 g/mol. The fourth-order valence-electron chi connectivity index (χ4n) is 3.76. The highest BCUT2D eigenvalue weighted by Gasteiger charge is 2.21. The lowest BCUT2D eigenvalue weighted by Gasteiger charge is -2.30. The van der Waals surface area contributed by atoms with Gasteiger partial charge in [-0.25, -0.2) is 9.97 Å². The summed E-state index contributed by atoms with van der Waals surface area (Å²) in [6.07, 6.45) is 3.86. The second-order valence-corrected chi connectivity index (χ2v) is 7.81. The van der Waals surface area contributed by atoms with Gasteiger partial charge >= 0.3 is 0 Å². The van der Waals surface area contributed by atoms with Crippen molar-refractivity contribution in [1.82, 2.24) is 19.4 Å². The third-order valence-corrected chi connectivity index (χ3v) is 5.72. The van der Waals surface area contributed by atoms with E-state index in [2.05, 4.69) is 27.4 Å². The van der Waals surface area contributed by atoms with E-state index < -0.39 is 0 Å². The number of hydrogen-bond donors (Lipinski definition) is 0. The summed E-state index contributed by atoms with van der Waals surface area (Å²) in [6, 6.07) is 11.9. The van der Waals surface area contributed by atoms with E-state index in [1.807, 2.05) is 49.3 Å². The molecule has 1 saturated heterocycles. The van der Waals surface area contributed by atoms with Crippen LogP contribution in [0.2, 0.25) is 0 Å². The molecule has 0 aliphatic carbocycles. The number of aryl methyl sites for hydroxylation is 1. The first-order valence-electron chi connectivity index (χ1n) is 9.89. The van der Waals surface area contributed by atoms with Crippen molar-refractivity contribution < 1.29 is 4.79 Å². The van der Waals surface area contributed by atoms with Crippen molar-refractivity contribution in [2.45, 2.75) is 26.3 Å². The van der Waals surface area contributed by atoms with Gasteiger partial charge in [-0.2, -0.15) is 0 Å². The van der Waals surface area contributed by atoms with E-state index in [4.69, 9.17) is 4.98 Å². The number of rotatable bonds is 4. The van der Waals surface area contributed by atoms with E-state index in [9.17, 15) is 4.79 Å². The molecule has 6 heteroatoms. The van der Waals surface area contributed by atoms with Gasteiger partial charge in [0, 0.05) is 33.4 Å². The highest BCUT2D eigenvalue weighted by Crippen LogP contribution is 2.20. The molecule has 1 aliphatic rings. The lowest BCUT2D eigenvalue weighted by molar-refractivity contribution is 0.0697. The Labute approximate surface area is 165 Å². The summed E-state index contributed by atoms with van der Waals surface area (Å²) in [7, 11) is 4.03. The first-order valence-corrected chi connectivity index (χ1v) is 9.89. The average Bonchev–Trinajstić information content (AvgIpc) is 3.04. The van der Waals surface area contributed by atoms with E-state index in [1.165, 1.54) is 0 Å². The van der Waals surface area contributed by atoms with Crippen molar-refractivity contribution in [2.75, 3.05) is 25.0 Å². The molecule has 3 heterocycles. The predicted octanol–water partition coefficient (Wildman–Crippen LogP) is 3.48. The lowest BCUT2D eigenvalue weighted by atomic mass is 9.99. The highest BCUT2D eigenvalue weighted by atomic mass is 16.2. The van der Waals surface area contributed by atoms with Crippen molar-refractivity contribution in [3.63, 3.8) is 0 Å². The molecule has 0 atom stereocenters. The van der Waals surface area contributed by atoms with Gasteiger partial charge in [0.15, 0.2) is 0 Å². The minimum atomic E-state index is 0.0870. The average molecular weight is 377 g/mol. The molecule has 1 amide bonds. The summed E-state index contributed by atoms with van der Waals surface area (Å²) in [6.45, 7) is 4.58. The first kappa shape index (κ1) is 18.5. The zero-order chi connectivity index (χ0) is 19.7. The number of imidazole rings is 1. The third-order valence-electron chi connectivity index (χ3n) is 5.72. The second kappa shape index (κ2) is 7.62. The summed E-state index contributed by atoms with van der Waals surface area (Å²) in [5.74, 6) is 2.61. The summed E-state index contributed by atoms with van der Waals surface area (Å²) >= 11 is 0. The number of amides is 1. The van der Waals surface area contributed by atoms with Gasteiger partial charge in [0.1, 0.15) is 11.6 Å². The Bertz CT molecular complexity index is 970. The second-order valence-electron chi connectivity index (χ2n) is 7.81. The van der Waals surface area contributed by atoms with Crippen LogP contribution in [-0.2, 0) is 13.6 Å². The number of benzene rings is 1. The van der Waals surface area contributed by atoms with Crippen LogP contribution in [0.25, 0.3) is 11.0 Å². The van der Waals surface area contributed by atoms with Crippen LogP contribution < -0.4 is 4.90 Å². The van der Waals surface area contributed by atoms with Crippen molar-refractivity contribution in [3.8, 4) is 0 Å².